The molecule has 2 heterocycles. The van der Waals surface area contributed by atoms with Crippen molar-refractivity contribution in [3.63, 3.8) is 0 Å². The second-order valence-corrected chi connectivity index (χ2v) is 5.24. The third-order valence-electron chi connectivity index (χ3n) is 3.87. The molecule has 0 spiro atoms. The maximum absolute atomic E-state index is 13.0. The lowest BCUT2D eigenvalue weighted by molar-refractivity contribution is 0.808. The van der Waals surface area contributed by atoms with E-state index in [1.807, 2.05) is 30.3 Å². The van der Waals surface area contributed by atoms with E-state index in [9.17, 15) is 9.59 Å². The number of aromatic nitrogens is 4. The van der Waals surface area contributed by atoms with Crippen molar-refractivity contribution in [2.75, 3.05) is 0 Å². The summed E-state index contributed by atoms with van der Waals surface area (Å²) >= 11 is 0. The van der Waals surface area contributed by atoms with Crippen LogP contribution in [0.5, 0.6) is 0 Å². The molecule has 2 aromatic heterocycles. The van der Waals surface area contributed by atoms with Crippen molar-refractivity contribution < 1.29 is 0 Å². The number of aryl methyl sites for hydroxylation is 1. The van der Waals surface area contributed by atoms with Crippen molar-refractivity contribution in [2.45, 2.75) is 0 Å². The van der Waals surface area contributed by atoms with E-state index in [0.717, 1.165) is 0 Å². The van der Waals surface area contributed by atoms with Crippen LogP contribution in [0.4, 0.5) is 0 Å². The molecule has 0 bridgehead atoms. The summed E-state index contributed by atoms with van der Waals surface area (Å²) in [6.45, 7) is 0. The lowest BCUT2D eigenvalue weighted by Gasteiger charge is -2.10. The Morgan fingerprint density at radius 1 is 0.826 bits per heavy atom. The van der Waals surface area contributed by atoms with Crippen LogP contribution in [-0.2, 0) is 7.05 Å². The van der Waals surface area contributed by atoms with E-state index >= 15 is 0 Å². The fourth-order valence-corrected chi connectivity index (χ4v) is 2.71. The highest BCUT2D eigenvalue weighted by Crippen LogP contribution is 2.14. The third-order valence-corrected chi connectivity index (χ3v) is 3.87. The monoisotopic (exact) mass is 304 g/mol. The molecule has 23 heavy (non-hydrogen) atoms. The zero-order valence-electron chi connectivity index (χ0n) is 12.3. The number of hydrogen-bond donors (Lipinski definition) is 0. The lowest BCUT2D eigenvalue weighted by Crippen LogP contribution is -2.28. The van der Waals surface area contributed by atoms with Gasteiger partial charge in [-0.25, -0.2) is 4.40 Å². The Morgan fingerprint density at radius 2 is 1.52 bits per heavy atom. The van der Waals surface area contributed by atoms with Crippen LogP contribution in [0, 0.1) is 0 Å². The number of rotatable bonds is 1. The Morgan fingerprint density at radius 3 is 2.30 bits per heavy atom. The molecule has 0 aliphatic heterocycles. The number of fused-ring (bicyclic) bond motifs is 3. The van der Waals surface area contributed by atoms with Crippen molar-refractivity contribution in [2.24, 2.45) is 7.05 Å². The van der Waals surface area contributed by atoms with Gasteiger partial charge < -0.3 is 0 Å². The summed E-state index contributed by atoms with van der Waals surface area (Å²) in [7, 11) is 1.58. The summed E-state index contributed by atoms with van der Waals surface area (Å²) in [6, 6.07) is 16.2. The average Bonchev–Trinajstić information content (AvgIpc) is 2.60. The first-order chi connectivity index (χ1) is 11.2. The Bertz CT molecular complexity index is 1160. The molecule has 4 rings (SSSR count). The molecular formula is C17H12N4O2. The van der Waals surface area contributed by atoms with Crippen molar-refractivity contribution in [3.05, 3.63) is 75.3 Å². The third kappa shape index (κ3) is 1.88. The Labute approximate surface area is 130 Å². The molecule has 4 aromatic rings. The van der Waals surface area contributed by atoms with Gasteiger partial charge in [0, 0.05) is 12.6 Å². The molecule has 0 saturated heterocycles. The van der Waals surface area contributed by atoms with Gasteiger partial charge in [-0.05, 0) is 12.1 Å². The minimum Gasteiger partial charge on any atom is -0.279 e. The SMILES string of the molecule is Cn1c(=O)c2ccccc2n2c(=O)c(-c3ccccc3)nnc12. The van der Waals surface area contributed by atoms with Gasteiger partial charge in [0.15, 0.2) is 5.69 Å². The van der Waals surface area contributed by atoms with Gasteiger partial charge in [0.25, 0.3) is 11.1 Å². The summed E-state index contributed by atoms with van der Waals surface area (Å²) in [6.07, 6.45) is 0. The second kappa shape index (κ2) is 4.88. The molecule has 0 N–H and O–H groups in total. The molecule has 6 nitrogen and oxygen atoms in total. The highest BCUT2D eigenvalue weighted by Gasteiger charge is 2.15. The van der Waals surface area contributed by atoms with Crippen LogP contribution in [0.15, 0.2) is 64.2 Å². The Hall–Kier alpha value is -3.28. The standard InChI is InChI=1S/C17H12N4O2/c1-20-15(22)12-9-5-6-10-13(12)21-16(23)14(18-19-17(20)21)11-7-3-2-4-8-11/h2-10H,1H3. The fourth-order valence-electron chi connectivity index (χ4n) is 2.71. The van der Waals surface area contributed by atoms with Crippen LogP contribution >= 0.6 is 0 Å². The van der Waals surface area contributed by atoms with E-state index in [4.69, 9.17) is 0 Å². The van der Waals surface area contributed by atoms with Gasteiger partial charge in [-0.3, -0.25) is 14.2 Å². The minimum atomic E-state index is -0.298. The minimum absolute atomic E-state index is 0.207. The van der Waals surface area contributed by atoms with Gasteiger partial charge in [-0.2, -0.15) is 0 Å². The van der Waals surface area contributed by atoms with Crippen LogP contribution in [0.1, 0.15) is 0 Å². The fraction of sp³-hybridized carbons (Fsp3) is 0.0588. The summed E-state index contributed by atoms with van der Waals surface area (Å²) in [5.74, 6) is 0.221. The number of benzene rings is 2. The number of hydrogen-bond acceptors (Lipinski definition) is 4. The molecule has 0 unspecified atom stereocenters. The molecule has 0 aliphatic rings. The maximum atomic E-state index is 13.0. The van der Waals surface area contributed by atoms with Crippen molar-refractivity contribution >= 4 is 16.7 Å². The van der Waals surface area contributed by atoms with Crippen LogP contribution in [0.25, 0.3) is 27.9 Å². The molecule has 0 fully saturated rings. The normalized spacial score (nSPS) is 11.2. The van der Waals surface area contributed by atoms with E-state index in [1.165, 1.54) is 8.97 Å². The number of nitrogens with zero attached hydrogens (tertiary/aromatic N) is 4. The first kappa shape index (κ1) is 13.4. The topological polar surface area (TPSA) is 69.3 Å². The van der Waals surface area contributed by atoms with Gasteiger partial charge in [-0.1, -0.05) is 42.5 Å². The number of para-hydroxylation sites is 1. The molecule has 0 saturated carbocycles. The lowest BCUT2D eigenvalue weighted by atomic mass is 10.1. The van der Waals surface area contributed by atoms with E-state index in [-0.39, 0.29) is 22.6 Å². The van der Waals surface area contributed by atoms with E-state index in [1.54, 1.807) is 31.3 Å². The van der Waals surface area contributed by atoms with Crippen LogP contribution in [0.2, 0.25) is 0 Å². The molecule has 0 aliphatic carbocycles. The maximum Gasteiger partial charge on any atom is 0.286 e. The van der Waals surface area contributed by atoms with Gasteiger partial charge in [-0.15, -0.1) is 10.2 Å². The molecular weight excluding hydrogens is 292 g/mol. The predicted octanol–water partition coefficient (Wildman–Crippen LogP) is 1.61. The average molecular weight is 304 g/mol. The summed E-state index contributed by atoms with van der Waals surface area (Å²) < 4.78 is 2.78. The van der Waals surface area contributed by atoms with Gasteiger partial charge in [0.05, 0.1) is 10.9 Å². The summed E-state index contributed by atoms with van der Waals surface area (Å²) in [5.41, 5.74) is 0.974. The van der Waals surface area contributed by atoms with E-state index in [2.05, 4.69) is 10.2 Å². The highest BCUT2D eigenvalue weighted by atomic mass is 16.1. The first-order valence-electron chi connectivity index (χ1n) is 7.11. The van der Waals surface area contributed by atoms with Gasteiger partial charge in [0.1, 0.15) is 0 Å². The van der Waals surface area contributed by atoms with Crippen LogP contribution in [0.3, 0.4) is 0 Å². The molecule has 0 atom stereocenters. The van der Waals surface area contributed by atoms with Gasteiger partial charge >= 0.3 is 0 Å². The van der Waals surface area contributed by atoms with Crippen molar-refractivity contribution in [3.8, 4) is 11.3 Å². The quantitative estimate of drug-likeness (QED) is 0.501. The van der Waals surface area contributed by atoms with E-state index < -0.39 is 0 Å². The molecule has 112 valence electrons. The summed E-state index contributed by atoms with van der Waals surface area (Å²) in [5, 5.41) is 8.62. The Balaban J connectivity index is 2.24. The highest BCUT2D eigenvalue weighted by molar-refractivity contribution is 5.80. The molecule has 0 radical (unpaired) electrons. The van der Waals surface area contributed by atoms with Crippen LogP contribution < -0.4 is 11.1 Å². The first-order valence-corrected chi connectivity index (χ1v) is 7.11. The van der Waals surface area contributed by atoms with E-state index in [0.29, 0.717) is 16.5 Å². The zero-order chi connectivity index (χ0) is 16.0. The predicted molar refractivity (Wildman–Crippen MR) is 87.4 cm³/mol. The van der Waals surface area contributed by atoms with Gasteiger partial charge in [0.2, 0.25) is 5.78 Å². The van der Waals surface area contributed by atoms with Crippen LogP contribution in [-0.4, -0.2) is 19.2 Å². The molecule has 0 amide bonds. The smallest absolute Gasteiger partial charge is 0.279 e. The largest absolute Gasteiger partial charge is 0.286 e. The van der Waals surface area contributed by atoms with Crippen molar-refractivity contribution in [1.29, 1.82) is 0 Å². The second-order valence-electron chi connectivity index (χ2n) is 5.24. The Kier molecular flexibility index (Phi) is 2.84. The zero-order valence-corrected chi connectivity index (χ0v) is 12.3. The molecule has 6 heteroatoms. The van der Waals surface area contributed by atoms with Crippen molar-refractivity contribution in [1.82, 2.24) is 19.2 Å². The molecule has 2 aromatic carbocycles. The summed E-state index contributed by atoms with van der Waals surface area (Å²) in [4.78, 5) is 25.3.